The summed E-state index contributed by atoms with van der Waals surface area (Å²) in [5, 5.41) is 4.07. The Bertz CT molecular complexity index is 1400. The number of halogens is 1. The van der Waals surface area contributed by atoms with Crippen LogP contribution in [0.3, 0.4) is 0 Å². The summed E-state index contributed by atoms with van der Waals surface area (Å²) in [6.07, 6.45) is 6.33. The number of carbonyl (C=O) groups excluding carboxylic acids is 1. The fourth-order valence-corrected chi connectivity index (χ4v) is 6.15. The third-order valence-electron chi connectivity index (χ3n) is 7.78. The van der Waals surface area contributed by atoms with Crippen LogP contribution in [0, 0.1) is 19.7 Å². The van der Waals surface area contributed by atoms with Gasteiger partial charge in [-0.3, -0.25) is 14.7 Å². The average molecular weight is 551 g/mol. The molecule has 1 spiro atoms. The van der Waals surface area contributed by atoms with E-state index in [0.717, 1.165) is 78.1 Å². The first kappa shape index (κ1) is 27.2. The lowest BCUT2D eigenvalue weighted by atomic mass is 9.98. The Hall–Kier alpha value is -3.33. The number of hydrogen-bond donors (Lipinski definition) is 1. The maximum absolute atomic E-state index is 15.6. The van der Waals surface area contributed by atoms with Crippen molar-refractivity contribution in [2.75, 3.05) is 11.8 Å². The number of methoxy groups -OCH3 is 1. The number of aryl methyl sites for hydroxylation is 1. The Labute approximate surface area is 233 Å². The van der Waals surface area contributed by atoms with Gasteiger partial charge in [0.25, 0.3) is 5.91 Å². The number of ether oxygens (including phenoxy) is 1. The molecule has 7 nitrogen and oxygen atoms in total. The number of amidine groups is 1. The van der Waals surface area contributed by atoms with E-state index in [1.54, 1.807) is 24.1 Å². The molecule has 2 aliphatic rings. The fraction of sp³-hybridized carbons (Fsp3) is 0.433. The Balaban J connectivity index is 1.39. The Kier molecular flexibility index (Phi) is 7.98. The van der Waals surface area contributed by atoms with Gasteiger partial charge in [-0.2, -0.15) is 0 Å². The van der Waals surface area contributed by atoms with Crippen LogP contribution in [-0.2, 0) is 11.3 Å². The zero-order valence-corrected chi connectivity index (χ0v) is 23.8. The molecular weight excluding hydrogens is 515 g/mol. The van der Waals surface area contributed by atoms with Gasteiger partial charge in [0.15, 0.2) is 5.82 Å². The first-order valence-electron chi connectivity index (χ1n) is 13.6. The van der Waals surface area contributed by atoms with Gasteiger partial charge in [0.2, 0.25) is 0 Å². The van der Waals surface area contributed by atoms with Crippen LogP contribution < -0.4 is 9.46 Å². The number of aromatic nitrogens is 1. The molecule has 0 saturated heterocycles. The lowest BCUT2D eigenvalue weighted by molar-refractivity contribution is -0.131. The molecule has 3 aromatic rings. The van der Waals surface area contributed by atoms with Crippen LogP contribution >= 0.6 is 11.9 Å². The van der Waals surface area contributed by atoms with Crippen LogP contribution in [0.1, 0.15) is 68.8 Å². The highest BCUT2D eigenvalue weighted by molar-refractivity contribution is 8.00. The van der Waals surface area contributed by atoms with Gasteiger partial charge in [0.05, 0.1) is 13.7 Å². The summed E-state index contributed by atoms with van der Waals surface area (Å²) in [6.45, 7) is 6.13. The van der Waals surface area contributed by atoms with Crippen molar-refractivity contribution in [3.05, 3.63) is 59.1 Å². The van der Waals surface area contributed by atoms with Gasteiger partial charge in [0.1, 0.15) is 28.7 Å². The number of carbonyl (C=O) groups is 1. The third-order valence-corrected chi connectivity index (χ3v) is 8.63. The zero-order valence-electron chi connectivity index (χ0n) is 23.0. The van der Waals surface area contributed by atoms with Crippen LogP contribution in [0.4, 0.5) is 10.2 Å². The molecule has 1 aliphatic carbocycles. The molecule has 0 atom stereocenters. The van der Waals surface area contributed by atoms with Crippen LogP contribution in [0.2, 0.25) is 0 Å². The maximum atomic E-state index is 15.6. The highest BCUT2D eigenvalue weighted by Gasteiger charge is 2.49. The van der Waals surface area contributed by atoms with Crippen molar-refractivity contribution in [1.82, 2.24) is 10.1 Å². The van der Waals surface area contributed by atoms with Gasteiger partial charge in [-0.15, -0.1) is 0 Å². The second-order valence-corrected chi connectivity index (χ2v) is 11.2. The largest absolute Gasteiger partial charge is 0.497 e. The van der Waals surface area contributed by atoms with Crippen LogP contribution in [0.25, 0.3) is 11.1 Å². The number of anilines is 1. The van der Waals surface area contributed by atoms with Gasteiger partial charge in [-0.05, 0) is 80.5 Å². The Morgan fingerprint density at radius 3 is 2.64 bits per heavy atom. The van der Waals surface area contributed by atoms with Gasteiger partial charge in [-0.1, -0.05) is 43.5 Å². The molecule has 2 aromatic carbocycles. The van der Waals surface area contributed by atoms with E-state index in [0.29, 0.717) is 17.1 Å². The van der Waals surface area contributed by atoms with E-state index in [4.69, 9.17) is 14.3 Å². The third kappa shape index (κ3) is 5.41. The number of aliphatic imine (C=N–C) groups is 1. The predicted octanol–water partition coefficient (Wildman–Crippen LogP) is 7.47. The highest BCUT2D eigenvalue weighted by Crippen LogP contribution is 2.41. The van der Waals surface area contributed by atoms with Crippen molar-refractivity contribution in [3.8, 4) is 16.9 Å². The highest BCUT2D eigenvalue weighted by atomic mass is 32.2. The van der Waals surface area contributed by atoms with Gasteiger partial charge >= 0.3 is 0 Å². The van der Waals surface area contributed by atoms with Crippen molar-refractivity contribution in [1.29, 1.82) is 0 Å². The summed E-state index contributed by atoms with van der Waals surface area (Å²) in [7, 11) is 1.61. The molecule has 1 N–H and O–H groups in total. The van der Waals surface area contributed by atoms with E-state index < -0.39 is 5.54 Å². The Morgan fingerprint density at radius 1 is 1.18 bits per heavy atom. The number of nitrogens with zero attached hydrogens (tertiary/aromatic N) is 3. The number of benzene rings is 2. The monoisotopic (exact) mass is 550 g/mol. The minimum atomic E-state index is -0.623. The number of nitrogens with one attached hydrogen (secondary N) is 1. The number of amides is 1. The van der Waals surface area contributed by atoms with Crippen LogP contribution in [0.15, 0.2) is 50.8 Å². The topological polar surface area (TPSA) is 80.0 Å². The van der Waals surface area contributed by atoms with E-state index in [-0.39, 0.29) is 18.3 Å². The Morgan fingerprint density at radius 2 is 1.97 bits per heavy atom. The smallest absolute Gasteiger partial charge is 0.256 e. The quantitative estimate of drug-likeness (QED) is 0.264. The number of hydrogen-bond acceptors (Lipinski definition) is 7. The first-order valence-corrected chi connectivity index (χ1v) is 14.4. The fourth-order valence-electron chi connectivity index (χ4n) is 5.28. The van der Waals surface area contributed by atoms with Crippen molar-refractivity contribution < 1.29 is 18.4 Å². The van der Waals surface area contributed by atoms with E-state index in [9.17, 15) is 4.79 Å². The molecule has 1 saturated carbocycles. The summed E-state index contributed by atoms with van der Waals surface area (Å²) in [4.78, 5) is 21.0. The lowest BCUT2D eigenvalue weighted by Gasteiger charge is -2.23. The van der Waals surface area contributed by atoms with E-state index >= 15 is 4.39 Å². The predicted molar refractivity (Wildman–Crippen MR) is 153 cm³/mol. The summed E-state index contributed by atoms with van der Waals surface area (Å²) in [6, 6.07) is 10.9. The van der Waals surface area contributed by atoms with E-state index in [1.807, 2.05) is 38.1 Å². The normalized spacial score (nSPS) is 16.3. The molecular formula is C30H35FN4O3S. The SMILES string of the molecule is CCCCC1=NC2(CCCC2)C(=O)N1Cc1ccc(-c2ccc(OC)cc2SNc2noc(C)c2C)cc1F. The van der Waals surface area contributed by atoms with Crippen molar-refractivity contribution in [3.63, 3.8) is 0 Å². The van der Waals surface area contributed by atoms with E-state index in [1.165, 1.54) is 11.9 Å². The number of unbranched alkanes of at least 4 members (excludes halogenated alkanes) is 1. The standard InChI is InChI=1S/C30H35FN4O3S/c1-5-6-9-27-32-30(14-7-8-15-30)29(36)35(27)18-22-11-10-21(16-25(22)31)24-13-12-23(37-4)17-26(24)39-34-28-19(2)20(3)38-33-28/h10-13,16-17H,5-9,14-15,18H2,1-4H3,(H,33,34). The first-order chi connectivity index (χ1) is 18.8. The summed E-state index contributed by atoms with van der Waals surface area (Å²) in [5.41, 5.74) is 2.38. The van der Waals surface area contributed by atoms with Gasteiger partial charge < -0.3 is 14.0 Å². The molecule has 2 heterocycles. The zero-order chi connectivity index (χ0) is 27.6. The summed E-state index contributed by atoms with van der Waals surface area (Å²) >= 11 is 1.36. The van der Waals surface area contributed by atoms with Crippen molar-refractivity contribution >= 4 is 29.5 Å². The lowest BCUT2D eigenvalue weighted by Crippen LogP contribution is -2.40. The molecule has 1 fully saturated rings. The molecule has 1 amide bonds. The van der Waals surface area contributed by atoms with Crippen LogP contribution in [-0.4, -0.2) is 34.4 Å². The molecule has 5 rings (SSSR count). The maximum Gasteiger partial charge on any atom is 0.256 e. The molecule has 0 radical (unpaired) electrons. The van der Waals surface area contributed by atoms with E-state index in [2.05, 4.69) is 16.8 Å². The summed E-state index contributed by atoms with van der Waals surface area (Å²) in [5.74, 6) is 2.59. The molecule has 39 heavy (non-hydrogen) atoms. The van der Waals surface area contributed by atoms with Gasteiger partial charge in [0, 0.05) is 22.4 Å². The molecule has 0 unspecified atom stereocenters. The summed E-state index contributed by atoms with van der Waals surface area (Å²) < 4.78 is 29.5. The second kappa shape index (κ2) is 11.4. The molecule has 9 heteroatoms. The van der Waals surface area contributed by atoms with Crippen molar-refractivity contribution in [2.45, 2.75) is 82.7 Å². The molecule has 0 bridgehead atoms. The minimum absolute atomic E-state index is 0.0351. The molecule has 1 aliphatic heterocycles. The second-order valence-electron chi connectivity index (χ2n) is 10.3. The number of rotatable bonds is 10. The van der Waals surface area contributed by atoms with Crippen molar-refractivity contribution in [2.24, 2.45) is 4.99 Å². The molecule has 1 aromatic heterocycles. The van der Waals surface area contributed by atoms with Crippen LogP contribution in [0.5, 0.6) is 5.75 Å². The minimum Gasteiger partial charge on any atom is -0.497 e. The molecule has 206 valence electrons. The average Bonchev–Trinajstić information content (AvgIpc) is 3.62. The van der Waals surface area contributed by atoms with Gasteiger partial charge in [-0.25, -0.2) is 4.39 Å².